The number of methoxy groups -OCH3 is 1. The van der Waals surface area contributed by atoms with Crippen molar-refractivity contribution in [3.8, 4) is 6.07 Å². The normalized spacial score (nSPS) is 13.5. The number of carbonyl (C=O) groups is 1. The topological polar surface area (TPSA) is 70.3 Å². The summed E-state index contributed by atoms with van der Waals surface area (Å²) in [6, 6.07) is 8.27. The molecule has 17 heavy (non-hydrogen) atoms. The van der Waals surface area contributed by atoms with Crippen LogP contribution in [0.25, 0.3) is 0 Å². The van der Waals surface area contributed by atoms with Crippen LogP contribution in [0.1, 0.15) is 30.9 Å². The van der Waals surface area contributed by atoms with Gasteiger partial charge in [-0.05, 0) is 24.1 Å². The Labute approximate surface area is 100 Å². The maximum Gasteiger partial charge on any atom is 0.342 e. The van der Waals surface area contributed by atoms with E-state index in [4.69, 9.17) is 5.26 Å². The third kappa shape index (κ3) is 2.63. The lowest BCUT2D eigenvalue weighted by Crippen LogP contribution is -2.36. The number of esters is 1. The monoisotopic (exact) mass is 233 g/mol. The zero-order chi connectivity index (χ0) is 12.9. The first-order chi connectivity index (χ1) is 8.08. The summed E-state index contributed by atoms with van der Waals surface area (Å²) in [5.41, 5.74) is -0.694. The lowest BCUT2D eigenvalue weighted by Gasteiger charge is -2.25. The summed E-state index contributed by atoms with van der Waals surface area (Å²) in [6.07, 6.45) is 0.928. The number of hydrogen-bond acceptors (Lipinski definition) is 4. The van der Waals surface area contributed by atoms with Crippen LogP contribution in [0.2, 0.25) is 0 Å². The van der Waals surface area contributed by atoms with Crippen molar-refractivity contribution in [1.82, 2.24) is 0 Å². The Balaban J connectivity index is 3.13. The Hall–Kier alpha value is -1.86. The van der Waals surface area contributed by atoms with Crippen molar-refractivity contribution in [2.24, 2.45) is 0 Å². The Morgan fingerprint density at radius 3 is 2.47 bits per heavy atom. The van der Waals surface area contributed by atoms with Gasteiger partial charge in [0, 0.05) is 0 Å². The third-order valence-electron chi connectivity index (χ3n) is 2.63. The van der Waals surface area contributed by atoms with Crippen molar-refractivity contribution in [3.05, 3.63) is 35.4 Å². The molecular weight excluding hydrogens is 218 g/mol. The van der Waals surface area contributed by atoms with Gasteiger partial charge in [0.1, 0.15) is 0 Å². The fourth-order valence-electron chi connectivity index (χ4n) is 1.72. The Morgan fingerprint density at radius 2 is 2.06 bits per heavy atom. The highest BCUT2D eigenvalue weighted by atomic mass is 16.5. The van der Waals surface area contributed by atoms with E-state index in [1.165, 1.54) is 7.11 Å². The second kappa shape index (κ2) is 5.46. The van der Waals surface area contributed by atoms with E-state index in [1.54, 1.807) is 24.3 Å². The molecule has 4 nitrogen and oxygen atoms in total. The second-order valence-electron chi connectivity index (χ2n) is 3.79. The zero-order valence-corrected chi connectivity index (χ0v) is 9.93. The summed E-state index contributed by atoms with van der Waals surface area (Å²) in [6.45, 7) is 1.87. The van der Waals surface area contributed by atoms with Crippen LogP contribution in [0.5, 0.6) is 0 Å². The molecule has 1 aromatic rings. The summed E-state index contributed by atoms with van der Waals surface area (Å²) in [5, 5.41) is 19.0. The molecule has 0 radical (unpaired) electrons. The van der Waals surface area contributed by atoms with Crippen LogP contribution in [0.4, 0.5) is 0 Å². The van der Waals surface area contributed by atoms with E-state index in [9.17, 15) is 9.90 Å². The maximum atomic E-state index is 11.6. The minimum absolute atomic E-state index is 0.283. The fourth-order valence-corrected chi connectivity index (χ4v) is 1.72. The molecule has 0 fully saturated rings. The molecule has 0 aliphatic heterocycles. The molecule has 0 amide bonds. The molecule has 4 heteroatoms. The van der Waals surface area contributed by atoms with Crippen molar-refractivity contribution in [2.45, 2.75) is 25.4 Å². The van der Waals surface area contributed by atoms with E-state index >= 15 is 0 Å². The average molecular weight is 233 g/mol. The molecule has 0 bridgehead atoms. The molecule has 0 heterocycles. The number of aliphatic hydroxyl groups is 1. The first-order valence-corrected chi connectivity index (χ1v) is 5.40. The van der Waals surface area contributed by atoms with Gasteiger partial charge in [-0.3, -0.25) is 0 Å². The van der Waals surface area contributed by atoms with E-state index in [2.05, 4.69) is 4.74 Å². The SMILES string of the molecule is CCCC(O)(C(=O)OC)c1ccc(C#N)cc1. The van der Waals surface area contributed by atoms with Crippen molar-refractivity contribution >= 4 is 5.97 Å². The zero-order valence-electron chi connectivity index (χ0n) is 9.93. The van der Waals surface area contributed by atoms with Crippen LogP contribution in [-0.4, -0.2) is 18.2 Å². The lowest BCUT2D eigenvalue weighted by atomic mass is 9.89. The van der Waals surface area contributed by atoms with Crippen LogP contribution in [0, 0.1) is 11.3 Å². The number of nitriles is 1. The van der Waals surface area contributed by atoms with Gasteiger partial charge in [0.05, 0.1) is 18.7 Å². The highest BCUT2D eigenvalue weighted by Crippen LogP contribution is 2.28. The largest absolute Gasteiger partial charge is 0.467 e. The van der Waals surface area contributed by atoms with Gasteiger partial charge in [-0.2, -0.15) is 5.26 Å². The lowest BCUT2D eigenvalue weighted by molar-refractivity contribution is -0.164. The maximum absolute atomic E-state index is 11.6. The van der Waals surface area contributed by atoms with Crippen LogP contribution in [-0.2, 0) is 15.1 Å². The van der Waals surface area contributed by atoms with Gasteiger partial charge in [-0.15, -0.1) is 0 Å². The van der Waals surface area contributed by atoms with Crippen molar-refractivity contribution in [3.63, 3.8) is 0 Å². The van der Waals surface area contributed by atoms with E-state index in [-0.39, 0.29) is 6.42 Å². The highest BCUT2D eigenvalue weighted by molar-refractivity contribution is 5.81. The van der Waals surface area contributed by atoms with Gasteiger partial charge >= 0.3 is 5.97 Å². The van der Waals surface area contributed by atoms with E-state index < -0.39 is 11.6 Å². The summed E-state index contributed by atoms with van der Waals surface area (Å²) in [5.74, 6) is -0.677. The van der Waals surface area contributed by atoms with Gasteiger partial charge in [0.15, 0.2) is 5.60 Å². The van der Waals surface area contributed by atoms with Gasteiger partial charge in [0.25, 0.3) is 0 Å². The van der Waals surface area contributed by atoms with Gasteiger partial charge in [-0.1, -0.05) is 25.5 Å². The Morgan fingerprint density at radius 1 is 1.47 bits per heavy atom. The summed E-state index contributed by atoms with van der Waals surface area (Å²) in [4.78, 5) is 11.6. The number of rotatable bonds is 4. The summed E-state index contributed by atoms with van der Waals surface area (Å²) >= 11 is 0. The molecule has 90 valence electrons. The quantitative estimate of drug-likeness (QED) is 0.804. The summed E-state index contributed by atoms with van der Waals surface area (Å²) in [7, 11) is 1.24. The standard InChI is InChI=1S/C13H15NO3/c1-3-8-13(16,12(15)17-2)11-6-4-10(9-14)5-7-11/h4-7,16H,3,8H2,1-2H3. The summed E-state index contributed by atoms with van der Waals surface area (Å²) < 4.78 is 4.62. The van der Waals surface area contributed by atoms with Gasteiger partial charge in [0.2, 0.25) is 0 Å². The van der Waals surface area contributed by atoms with Crippen molar-refractivity contribution < 1.29 is 14.6 Å². The number of hydrogen-bond donors (Lipinski definition) is 1. The third-order valence-corrected chi connectivity index (χ3v) is 2.63. The Bertz CT molecular complexity index is 433. The van der Waals surface area contributed by atoms with Crippen LogP contribution in [0.3, 0.4) is 0 Å². The molecule has 0 aliphatic carbocycles. The number of nitrogens with zero attached hydrogens (tertiary/aromatic N) is 1. The minimum Gasteiger partial charge on any atom is -0.467 e. The van der Waals surface area contributed by atoms with Crippen molar-refractivity contribution in [1.29, 1.82) is 5.26 Å². The molecule has 1 N–H and O–H groups in total. The van der Waals surface area contributed by atoms with E-state index in [0.29, 0.717) is 17.5 Å². The van der Waals surface area contributed by atoms with Crippen LogP contribution in [0.15, 0.2) is 24.3 Å². The first kappa shape index (κ1) is 13.2. The molecular formula is C13H15NO3. The molecule has 0 aromatic heterocycles. The fraction of sp³-hybridized carbons (Fsp3) is 0.385. The molecule has 0 saturated carbocycles. The molecule has 1 unspecified atom stereocenters. The molecule has 0 spiro atoms. The predicted molar refractivity (Wildman–Crippen MR) is 62.0 cm³/mol. The van der Waals surface area contributed by atoms with Gasteiger partial charge < -0.3 is 9.84 Å². The molecule has 1 aromatic carbocycles. The van der Waals surface area contributed by atoms with E-state index in [1.807, 2.05) is 13.0 Å². The molecule has 0 aliphatic rings. The Kier molecular flexibility index (Phi) is 4.24. The van der Waals surface area contributed by atoms with Crippen LogP contribution < -0.4 is 0 Å². The second-order valence-corrected chi connectivity index (χ2v) is 3.79. The molecule has 0 saturated heterocycles. The number of carbonyl (C=O) groups excluding carboxylic acids is 1. The van der Waals surface area contributed by atoms with E-state index in [0.717, 1.165) is 0 Å². The first-order valence-electron chi connectivity index (χ1n) is 5.40. The number of benzene rings is 1. The smallest absolute Gasteiger partial charge is 0.342 e. The molecule has 1 atom stereocenters. The van der Waals surface area contributed by atoms with Crippen molar-refractivity contribution in [2.75, 3.05) is 7.11 Å². The predicted octanol–water partition coefficient (Wildman–Crippen LogP) is 1.72. The minimum atomic E-state index is -1.63. The molecule has 1 rings (SSSR count). The van der Waals surface area contributed by atoms with Crippen LogP contribution >= 0.6 is 0 Å². The number of ether oxygens (including phenoxy) is 1. The average Bonchev–Trinajstić information content (AvgIpc) is 2.38. The highest BCUT2D eigenvalue weighted by Gasteiger charge is 2.38. The van der Waals surface area contributed by atoms with Gasteiger partial charge in [-0.25, -0.2) is 4.79 Å².